The number of hydrogen-bond donors (Lipinski definition) is 0. The van der Waals surface area contributed by atoms with E-state index < -0.39 is 0 Å². The summed E-state index contributed by atoms with van der Waals surface area (Å²) in [5.41, 5.74) is 0. The Morgan fingerprint density at radius 2 is 1.68 bits per heavy atom. The molecule has 0 aliphatic carbocycles. The number of ether oxygens (including phenoxy) is 2. The third-order valence-electron chi connectivity index (χ3n) is 6.29. The van der Waals surface area contributed by atoms with Crippen LogP contribution in [0.1, 0.15) is 46.0 Å². The molecule has 4 aliphatic rings. The molecule has 4 fully saturated rings. The van der Waals surface area contributed by atoms with Crippen LogP contribution in [0.25, 0.3) is 0 Å². The van der Waals surface area contributed by atoms with Gasteiger partial charge in [-0.1, -0.05) is 13.8 Å². The second kappa shape index (κ2) is 5.22. The summed E-state index contributed by atoms with van der Waals surface area (Å²) in [5.74, 6) is 0.267. The van der Waals surface area contributed by atoms with Gasteiger partial charge >= 0.3 is 11.9 Å². The van der Waals surface area contributed by atoms with Crippen molar-refractivity contribution < 1.29 is 19.1 Å². The first-order chi connectivity index (χ1) is 10.6. The molecule has 0 aromatic rings. The van der Waals surface area contributed by atoms with Crippen molar-refractivity contribution in [2.45, 2.75) is 70.2 Å². The number of rotatable bonds is 1. The van der Waals surface area contributed by atoms with Crippen LogP contribution in [0.3, 0.4) is 0 Å². The van der Waals surface area contributed by atoms with Crippen LogP contribution in [0.5, 0.6) is 0 Å². The average molecular weight is 307 g/mol. The molecule has 0 aromatic heterocycles. The van der Waals surface area contributed by atoms with Gasteiger partial charge in [-0.05, 0) is 38.6 Å². The monoisotopic (exact) mass is 307 g/mol. The van der Waals surface area contributed by atoms with Gasteiger partial charge < -0.3 is 9.47 Å². The van der Waals surface area contributed by atoms with Crippen LogP contribution in [0.2, 0.25) is 0 Å². The van der Waals surface area contributed by atoms with Gasteiger partial charge in [-0.15, -0.1) is 0 Å². The topological polar surface area (TPSA) is 55.8 Å². The van der Waals surface area contributed by atoms with E-state index in [4.69, 9.17) is 9.47 Å². The van der Waals surface area contributed by atoms with E-state index in [1.54, 1.807) is 0 Å². The first-order valence-corrected chi connectivity index (χ1v) is 8.73. The summed E-state index contributed by atoms with van der Waals surface area (Å²) in [5, 5.41) is 0. The predicted molar refractivity (Wildman–Crippen MR) is 78.9 cm³/mol. The quantitative estimate of drug-likeness (QED) is 0.691. The van der Waals surface area contributed by atoms with Gasteiger partial charge in [-0.2, -0.15) is 0 Å². The van der Waals surface area contributed by atoms with Crippen molar-refractivity contribution in [1.29, 1.82) is 0 Å². The summed E-state index contributed by atoms with van der Waals surface area (Å²) in [7, 11) is 0. The molecular formula is C17H25NO4. The second-order valence-corrected chi connectivity index (χ2v) is 7.55. The summed E-state index contributed by atoms with van der Waals surface area (Å²) in [4.78, 5) is 26.2. The molecule has 0 bridgehead atoms. The lowest BCUT2D eigenvalue weighted by Gasteiger charge is -2.34. The van der Waals surface area contributed by atoms with Crippen LogP contribution in [-0.4, -0.2) is 47.7 Å². The number of carbonyl (C=O) groups is 2. The fourth-order valence-electron chi connectivity index (χ4n) is 5.18. The maximum absolute atomic E-state index is 12.0. The van der Waals surface area contributed by atoms with Gasteiger partial charge in [0.2, 0.25) is 0 Å². The molecule has 0 spiro atoms. The first kappa shape index (κ1) is 14.5. The van der Waals surface area contributed by atoms with Crippen LogP contribution in [0.15, 0.2) is 0 Å². The van der Waals surface area contributed by atoms with E-state index in [-0.39, 0.29) is 36.0 Å². The van der Waals surface area contributed by atoms with Gasteiger partial charge in [0.1, 0.15) is 12.2 Å². The minimum absolute atomic E-state index is 0.000554. The molecule has 5 nitrogen and oxygen atoms in total. The van der Waals surface area contributed by atoms with E-state index in [0.717, 1.165) is 38.6 Å². The van der Waals surface area contributed by atoms with Gasteiger partial charge in [0, 0.05) is 18.0 Å². The highest BCUT2D eigenvalue weighted by Gasteiger charge is 2.54. The van der Waals surface area contributed by atoms with Crippen LogP contribution in [-0.2, 0) is 19.1 Å². The Balaban J connectivity index is 1.55. The molecule has 4 aliphatic heterocycles. The molecule has 4 heterocycles. The predicted octanol–water partition coefficient (Wildman–Crippen LogP) is 1.74. The molecular weight excluding hydrogens is 282 g/mol. The Hall–Kier alpha value is -1.10. The first-order valence-electron chi connectivity index (χ1n) is 8.73. The van der Waals surface area contributed by atoms with Crippen molar-refractivity contribution in [1.82, 2.24) is 4.90 Å². The van der Waals surface area contributed by atoms with E-state index in [1.807, 2.05) is 13.8 Å². The molecule has 5 heteroatoms. The number of cyclic esters (lactones) is 1. The van der Waals surface area contributed by atoms with Crippen molar-refractivity contribution in [3.8, 4) is 0 Å². The molecule has 7 atom stereocenters. The van der Waals surface area contributed by atoms with Crippen LogP contribution in [0.4, 0.5) is 0 Å². The van der Waals surface area contributed by atoms with Crippen molar-refractivity contribution in [3.63, 3.8) is 0 Å². The summed E-state index contributed by atoms with van der Waals surface area (Å²) >= 11 is 0. The molecule has 0 N–H and O–H groups in total. The molecule has 0 radical (unpaired) electrons. The summed E-state index contributed by atoms with van der Waals surface area (Å²) < 4.78 is 11.2. The number of nitrogens with zero attached hydrogens (tertiary/aromatic N) is 1. The number of esters is 2. The standard InChI is InChI=1S/C17H25NO4/c1-9-8-14(22-16(9)19)11-5-6-12-15-10(2)17(20)21-13(15)4-3-7-18(11)12/h9-15H,3-8H2,1-2H3/t9-,10?,11?,12-,13+,14-,15+/m0/s1. The normalized spacial score (nSPS) is 48.5. The summed E-state index contributed by atoms with van der Waals surface area (Å²) in [6.07, 6.45) is 5.17. The molecule has 0 saturated carbocycles. The van der Waals surface area contributed by atoms with Crippen molar-refractivity contribution in [2.75, 3.05) is 6.54 Å². The van der Waals surface area contributed by atoms with Gasteiger partial charge in [-0.25, -0.2) is 0 Å². The highest BCUT2D eigenvalue weighted by molar-refractivity contribution is 5.75. The van der Waals surface area contributed by atoms with Crippen LogP contribution < -0.4 is 0 Å². The third-order valence-corrected chi connectivity index (χ3v) is 6.29. The van der Waals surface area contributed by atoms with Crippen LogP contribution >= 0.6 is 0 Å². The number of fused-ring (bicyclic) bond motifs is 3. The molecule has 2 unspecified atom stereocenters. The van der Waals surface area contributed by atoms with E-state index in [9.17, 15) is 9.59 Å². The van der Waals surface area contributed by atoms with E-state index >= 15 is 0 Å². The number of hydrogen-bond acceptors (Lipinski definition) is 5. The molecule has 0 aromatic carbocycles. The Morgan fingerprint density at radius 3 is 2.41 bits per heavy atom. The molecule has 4 rings (SSSR count). The zero-order chi connectivity index (χ0) is 15.4. The lowest BCUT2D eigenvalue weighted by atomic mass is 9.83. The highest BCUT2D eigenvalue weighted by Crippen LogP contribution is 2.45. The maximum atomic E-state index is 12.0. The Kier molecular flexibility index (Phi) is 3.44. The van der Waals surface area contributed by atoms with E-state index in [0.29, 0.717) is 18.0 Å². The SMILES string of the molecule is CC1C(=O)O[C@@H]2CCCN3C([C@@H]4C[C@H](C)C(=O)O4)CC[C@H]3[C@@H]12. The average Bonchev–Trinajstić information content (AvgIpc) is 3.07. The summed E-state index contributed by atoms with van der Waals surface area (Å²) in [6.45, 7) is 5.01. The molecule has 22 heavy (non-hydrogen) atoms. The zero-order valence-electron chi connectivity index (χ0n) is 13.4. The van der Waals surface area contributed by atoms with Crippen molar-refractivity contribution in [3.05, 3.63) is 0 Å². The van der Waals surface area contributed by atoms with Crippen molar-refractivity contribution in [2.24, 2.45) is 17.8 Å². The molecule has 0 amide bonds. The fourth-order valence-corrected chi connectivity index (χ4v) is 5.18. The fraction of sp³-hybridized carbons (Fsp3) is 0.882. The zero-order valence-corrected chi connectivity index (χ0v) is 13.4. The second-order valence-electron chi connectivity index (χ2n) is 7.55. The number of carbonyl (C=O) groups excluding carboxylic acids is 2. The Bertz CT molecular complexity index is 493. The lowest BCUT2D eigenvalue weighted by molar-refractivity contribution is -0.146. The molecule has 4 saturated heterocycles. The lowest BCUT2D eigenvalue weighted by Crippen LogP contribution is -2.46. The summed E-state index contributed by atoms with van der Waals surface area (Å²) in [6, 6.07) is 0.745. The molecule has 122 valence electrons. The minimum Gasteiger partial charge on any atom is -0.462 e. The Morgan fingerprint density at radius 1 is 0.955 bits per heavy atom. The van der Waals surface area contributed by atoms with Crippen molar-refractivity contribution >= 4 is 11.9 Å². The van der Waals surface area contributed by atoms with Crippen LogP contribution in [0, 0.1) is 17.8 Å². The minimum atomic E-state index is -0.0473. The smallest absolute Gasteiger partial charge is 0.309 e. The van der Waals surface area contributed by atoms with Gasteiger partial charge in [0.15, 0.2) is 0 Å². The highest BCUT2D eigenvalue weighted by atomic mass is 16.6. The van der Waals surface area contributed by atoms with Gasteiger partial charge in [0.25, 0.3) is 0 Å². The third kappa shape index (κ3) is 2.08. The largest absolute Gasteiger partial charge is 0.462 e. The van der Waals surface area contributed by atoms with E-state index in [1.165, 1.54) is 0 Å². The van der Waals surface area contributed by atoms with Gasteiger partial charge in [0.05, 0.1) is 11.8 Å². The van der Waals surface area contributed by atoms with E-state index in [2.05, 4.69) is 4.90 Å². The maximum Gasteiger partial charge on any atom is 0.309 e. The van der Waals surface area contributed by atoms with Gasteiger partial charge in [-0.3, -0.25) is 14.5 Å². The Labute approximate surface area is 131 Å².